The number of rotatable bonds is 6. The molecular formula is C23H15ClF3N3O3S. The van der Waals surface area contributed by atoms with Gasteiger partial charge in [-0.25, -0.2) is 9.48 Å². The number of thiophene rings is 1. The first-order valence-corrected chi connectivity index (χ1v) is 11.0. The van der Waals surface area contributed by atoms with Crippen LogP contribution in [-0.2, 0) is 0 Å². The maximum Gasteiger partial charge on any atom is 0.405 e. The maximum absolute atomic E-state index is 12.5. The number of carbonyl (C=O) groups is 2. The number of hydrogen-bond acceptors (Lipinski definition) is 4. The highest BCUT2D eigenvalue weighted by molar-refractivity contribution is 7.18. The van der Waals surface area contributed by atoms with Crippen LogP contribution in [0, 0.1) is 0 Å². The molecule has 2 aromatic carbocycles. The van der Waals surface area contributed by atoms with Crippen LogP contribution in [0.1, 0.15) is 20.8 Å². The van der Waals surface area contributed by atoms with E-state index in [-0.39, 0.29) is 11.3 Å². The van der Waals surface area contributed by atoms with Crippen molar-refractivity contribution in [3.05, 3.63) is 83.0 Å². The Bertz CT molecular complexity index is 1380. The van der Waals surface area contributed by atoms with Crippen LogP contribution in [0.25, 0.3) is 26.7 Å². The molecule has 0 spiro atoms. The topological polar surface area (TPSA) is 84.2 Å². The van der Waals surface area contributed by atoms with Gasteiger partial charge in [-0.1, -0.05) is 35.9 Å². The van der Waals surface area contributed by atoms with Gasteiger partial charge >= 0.3 is 12.1 Å². The SMILES string of the molecule is O=C(O)c1cccc(-c2ccc(-c3cc(C(=O)NCC(F)(F)F)nn3-c3ccccc3Cl)s2)c1. The van der Waals surface area contributed by atoms with Crippen molar-refractivity contribution in [2.45, 2.75) is 6.18 Å². The molecule has 0 aliphatic heterocycles. The minimum Gasteiger partial charge on any atom is -0.478 e. The van der Waals surface area contributed by atoms with Crippen molar-refractivity contribution in [3.8, 4) is 26.7 Å². The Morgan fingerprint density at radius 3 is 2.47 bits per heavy atom. The molecule has 0 aliphatic rings. The zero-order valence-electron chi connectivity index (χ0n) is 17.1. The fourth-order valence-electron chi connectivity index (χ4n) is 3.18. The van der Waals surface area contributed by atoms with Gasteiger partial charge in [0.2, 0.25) is 0 Å². The molecule has 1 amide bonds. The number of aromatic carboxylic acids is 1. The summed E-state index contributed by atoms with van der Waals surface area (Å²) >= 11 is 7.62. The number of amides is 1. The number of carbonyl (C=O) groups excluding carboxylic acids is 1. The summed E-state index contributed by atoms with van der Waals surface area (Å²) in [6, 6.07) is 18.1. The summed E-state index contributed by atoms with van der Waals surface area (Å²) in [4.78, 5) is 25.1. The molecule has 2 aromatic heterocycles. The van der Waals surface area contributed by atoms with Crippen molar-refractivity contribution in [3.63, 3.8) is 0 Å². The van der Waals surface area contributed by atoms with Gasteiger partial charge in [0.1, 0.15) is 6.54 Å². The van der Waals surface area contributed by atoms with Gasteiger partial charge in [0.15, 0.2) is 5.69 Å². The van der Waals surface area contributed by atoms with Crippen LogP contribution in [0.4, 0.5) is 13.2 Å². The Kier molecular flexibility index (Phi) is 6.45. The predicted molar refractivity (Wildman–Crippen MR) is 123 cm³/mol. The molecule has 34 heavy (non-hydrogen) atoms. The van der Waals surface area contributed by atoms with Crippen molar-refractivity contribution in [2.75, 3.05) is 6.54 Å². The van der Waals surface area contributed by atoms with Gasteiger partial charge in [0.25, 0.3) is 5.91 Å². The van der Waals surface area contributed by atoms with Gasteiger partial charge in [-0.05, 0) is 48.0 Å². The number of nitrogens with one attached hydrogen (secondary N) is 1. The molecule has 4 rings (SSSR count). The lowest BCUT2D eigenvalue weighted by Gasteiger charge is -2.08. The van der Waals surface area contributed by atoms with Crippen molar-refractivity contribution >= 4 is 34.8 Å². The number of hydrogen-bond donors (Lipinski definition) is 2. The number of alkyl halides is 3. The zero-order valence-corrected chi connectivity index (χ0v) is 18.7. The monoisotopic (exact) mass is 505 g/mol. The molecule has 0 unspecified atom stereocenters. The fraction of sp³-hybridized carbons (Fsp3) is 0.0870. The lowest BCUT2D eigenvalue weighted by molar-refractivity contribution is -0.123. The number of para-hydroxylation sites is 1. The van der Waals surface area contributed by atoms with Crippen LogP contribution in [0.3, 0.4) is 0 Å². The summed E-state index contributed by atoms with van der Waals surface area (Å²) in [6.45, 7) is -1.48. The molecule has 0 saturated carbocycles. The van der Waals surface area contributed by atoms with E-state index in [2.05, 4.69) is 5.10 Å². The van der Waals surface area contributed by atoms with Gasteiger partial charge in [-0.15, -0.1) is 11.3 Å². The Morgan fingerprint density at radius 2 is 1.76 bits per heavy atom. The van der Waals surface area contributed by atoms with E-state index in [0.29, 0.717) is 26.8 Å². The van der Waals surface area contributed by atoms with Gasteiger partial charge < -0.3 is 10.4 Å². The summed E-state index contributed by atoms with van der Waals surface area (Å²) in [7, 11) is 0. The van der Waals surface area contributed by atoms with Crippen LogP contribution in [-0.4, -0.2) is 39.5 Å². The summed E-state index contributed by atoms with van der Waals surface area (Å²) in [5, 5.41) is 15.6. The van der Waals surface area contributed by atoms with E-state index in [9.17, 15) is 27.9 Å². The van der Waals surface area contributed by atoms with E-state index in [1.54, 1.807) is 54.6 Å². The Labute approximate surface area is 200 Å². The van der Waals surface area contributed by atoms with E-state index in [4.69, 9.17) is 11.6 Å². The highest BCUT2D eigenvalue weighted by Crippen LogP contribution is 2.37. The van der Waals surface area contributed by atoms with Gasteiger partial charge in [0, 0.05) is 4.88 Å². The molecule has 0 radical (unpaired) electrons. The molecule has 6 nitrogen and oxygen atoms in total. The quantitative estimate of drug-likeness (QED) is 0.341. The standard InChI is InChI=1S/C23H15ClF3N3O3S/c24-15-6-1-2-7-17(15)30-18(11-16(29-30)21(31)28-12-23(25,26)27)20-9-8-19(34-20)13-4-3-5-14(10-13)22(32)33/h1-11H,12H2,(H,28,31)(H,32,33). The van der Waals surface area contributed by atoms with E-state index in [1.165, 1.54) is 28.2 Å². The molecular weight excluding hydrogens is 491 g/mol. The number of carboxylic acid groups (broad SMARTS) is 1. The molecule has 2 N–H and O–H groups in total. The lowest BCUT2D eigenvalue weighted by atomic mass is 10.1. The lowest BCUT2D eigenvalue weighted by Crippen LogP contribution is -2.33. The first-order valence-electron chi connectivity index (χ1n) is 9.76. The van der Waals surface area contributed by atoms with Gasteiger partial charge in [-0.3, -0.25) is 4.79 Å². The van der Waals surface area contributed by atoms with Crippen LogP contribution in [0.5, 0.6) is 0 Å². The van der Waals surface area contributed by atoms with Crippen molar-refractivity contribution in [1.82, 2.24) is 15.1 Å². The predicted octanol–water partition coefficient (Wildman–Crippen LogP) is 5.91. The van der Waals surface area contributed by atoms with Crippen LogP contribution >= 0.6 is 22.9 Å². The normalized spacial score (nSPS) is 11.4. The van der Waals surface area contributed by atoms with Crippen molar-refractivity contribution in [2.24, 2.45) is 0 Å². The summed E-state index contributed by atoms with van der Waals surface area (Å²) in [6.07, 6.45) is -4.56. The third kappa shape index (κ3) is 5.13. The van der Waals surface area contributed by atoms with Crippen molar-refractivity contribution < 1.29 is 27.9 Å². The molecule has 0 fully saturated rings. The Balaban J connectivity index is 1.76. The number of halogens is 4. The van der Waals surface area contributed by atoms with E-state index >= 15 is 0 Å². The molecule has 0 saturated heterocycles. The van der Waals surface area contributed by atoms with E-state index < -0.39 is 24.6 Å². The average molecular weight is 506 g/mol. The highest BCUT2D eigenvalue weighted by atomic mass is 35.5. The first kappa shape index (κ1) is 23.5. The van der Waals surface area contributed by atoms with Gasteiger partial charge in [-0.2, -0.15) is 18.3 Å². The fourth-order valence-corrected chi connectivity index (χ4v) is 4.40. The summed E-state index contributed by atoms with van der Waals surface area (Å²) in [5.74, 6) is -2.03. The smallest absolute Gasteiger partial charge is 0.405 e. The van der Waals surface area contributed by atoms with Crippen LogP contribution in [0.15, 0.2) is 66.7 Å². The van der Waals surface area contributed by atoms with E-state index in [0.717, 1.165) is 4.88 Å². The molecule has 0 aliphatic carbocycles. The minimum absolute atomic E-state index is 0.136. The van der Waals surface area contributed by atoms with E-state index in [1.807, 2.05) is 5.32 Å². The number of benzene rings is 2. The second-order valence-corrected chi connectivity index (χ2v) is 8.62. The molecule has 0 atom stereocenters. The largest absolute Gasteiger partial charge is 0.478 e. The second-order valence-electron chi connectivity index (χ2n) is 7.13. The average Bonchev–Trinajstić information content (AvgIpc) is 3.45. The molecule has 11 heteroatoms. The number of nitrogens with zero attached hydrogens (tertiary/aromatic N) is 2. The Hall–Kier alpha value is -3.63. The Morgan fingerprint density at radius 1 is 1.03 bits per heavy atom. The second kappa shape index (κ2) is 9.32. The highest BCUT2D eigenvalue weighted by Gasteiger charge is 2.29. The van der Waals surface area contributed by atoms with Crippen LogP contribution in [0.2, 0.25) is 5.02 Å². The molecule has 2 heterocycles. The molecule has 174 valence electrons. The zero-order chi connectivity index (χ0) is 24.5. The van der Waals surface area contributed by atoms with Crippen LogP contribution < -0.4 is 5.32 Å². The van der Waals surface area contributed by atoms with Gasteiger partial charge in [0.05, 0.1) is 26.8 Å². The first-order chi connectivity index (χ1) is 16.1. The minimum atomic E-state index is -4.56. The number of carboxylic acids is 1. The molecule has 0 bridgehead atoms. The third-order valence-corrected chi connectivity index (χ3v) is 6.20. The molecule has 4 aromatic rings. The summed E-state index contributed by atoms with van der Waals surface area (Å²) in [5.41, 5.74) is 1.50. The summed E-state index contributed by atoms with van der Waals surface area (Å²) < 4.78 is 39.0. The van der Waals surface area contributed by atoms with Crippen molar-refractivity contribution in [1.29, 1.82) is 0 Å². The number of aromatic nitrogens is 2. The maximum atomic E-state index is 12.5. The third-order valence-electron chi connectivity index (χ3n) is 4.72.